The number of rotatable bonds is 8. The number of nitrogens with one attached hydrogen (secondary N) is 1. The molecule has 0 aliphatic heterocycles. The molecular weight excluding hydrogens is 421 g/mol. The number of halogens is 1. The molecule has 2 aromatic carbocycles. The third kappa shape index (κ3) is 4.09. The lowest BCUT2D eigenvalue weighted by molar-refractivity contribution is 0.156. The van der Waals surface area contributed by atoms with Gasteiger partial charge in [0.25, 0.3) is 0 Å². The van der Waals surface area contributed by atoms with Gasteiger partial charge in [0.2, 0.25) is 0 Å². The van der Waals surface area contributed by atoms with Crippen molar-refractivity contribution in [3.63, 3.8) is 0 Å². The van der Waals surface area contributed by atoms with Crippen molar-refractivity contribution in [2.24, 2.45) is 17.8 Å². The summed E-state index contributed by atoms with van der Waals surface area (Å²) in [7, 11) is 0. The average molecular weight is 447 g/mol. The summed E-state index contributed by atoms with van der Waals surface area (Å²) in [5.41, 5.74) is 2.65. The van der Waals surface area contributed by atoms with Crippen molar-refractivity contribution in [2.45, 2.75) is 37.8 Å². The summed E-state index contributed by atoms with van der Waals surface area (Å²) in [6, 6.07) is 20.0. The minimum Gasteiger partial charge on any atom is -0.396 e. The van der Waals surface area contributed by atoms with Crippen molar-refractivity contribution >= 4 is 22.6 Å². The third-order valence-corrected chi connectivity index (χ3v) is 6.72. The number of hydrogen-bond acceptors (Lipinski definition) is 2. The van der Waals surface area contributed by atoms with Crippen LogP contribution in [0.15, 0.2) is 54.6 Å². The molecule has 0 radical (unpaired) electrons. The number of benzene rings is 2. The summed E-state index contributed by atoms with van der Waals surface area (Å²) in [4.78, 5) is 0. The standard InChI is InChI=1S/C22H26INO/c23-20-9-5-4-8-18(20)21(16-6-2-1-3-7-16)24-22(17-12-13-17)19(14-25)15-10-11-15/h1-9,15,17,19,21-22,24-25H,10-14H2. The summed E-state index contributed by atoms with van der Waals surface area (Å²) < 4.78 is 1.29. The van der Waals surface area contributed by atoms with Gasteiger partial charge in [0, 0.05) is 22.1 Å². The molecule has 0 heterocycles. The number of aliphatic hydroxyl groups excluding tert-OH is 1. The minimum atomic E-state index is 0.188. The largest absolute Gasteiger partial charge is 0.396 e. The number of hydrogen-bond donors (Lipinski definition) is 2. The van der Waals surface area contributed by atoms with Crippen LogP contribution in [0.2, 0.25) is 0 Å². The van der Waals surface area contributed by atoms with Gasteiger partial charge in [-0.3, -0.25) is 0 Å². The lowest BCUT2D eigenvalue weighted by Crippen LogP contribution is -2.43. The Labute approximate surface area is 164 Å². The van der Waals surface area contributed by atoms with Crippen molar-refractivity contribution in [3.8, 4) is 0 Å². The summed E-state index contributed by atoms with van der Waals surface area (Å²) in [5.74, 6) is 1.85. The van der Waals surface area contributed by atoms with Crippen molar-refractivity contribution in [1.82, 2.24) is 5.32 Å². The average Bonchev–Trinajstić information content (AvgIpc) is 3.54. The smallest absolute Gasteiger partial charge is 0.0589 e. The summed E-state index contributed by atoms with van der Waals surface area (Å²) >= 11 is 2.45. The fourth-order valence-corrected chi connectivity index (χ4v) is 4.76. The Morgan fingerprint density at radius 2 is 1.56 bits per heavy atom. The highest BCUT2D eigenvalue weighted by Crippen LogP contribution is 2.46. The van der Waals surface area contributed by atoms with E-state index in [0.29, 0.717) is 18.6 Å². The van der Waals surface area contributed by atoms with E-state index >= 15 is 0 Å². The Morgan fingerprint density at radius 3 is 2.16 bits per heavy atom. The Bertz CT molecular complexity index is 696. The summed E-state index contributed by atoms with van der Waals surface area (Å²) in [6.45, 7) is 0.312. The van der Waals surface area contributed by atoms with Gasteiger partial charge in [-0.05, 0) is 77.3 Å². The van der Waals surface area contributed by atoms with Crippen molar-refractivity contribution < 1.29 is 5.11 Å². The lowest BCUT2D eigenvalue weighted by Gasteiger charge is -2.32. The molecule has 2 N–H and O–H groups in total. The van der Waals surface area contributed by atoms with Crippen molar-refractivity contribution in [1.29, 1.82) is 0 Å². The molecule has 3 atom stereocenters. The van der Waals surface area contributed by atoms with Crippen LogP contribution in [0.3, 0.4) is 0 Å². The maximum atomic E-state index is 10.1. The van der Waals surface area contributed by atoms with Gasteiger partial charge >= 0.3 is 0 Å². The predicted octanol–water partition coefficient (Wildman–Crippen LogP) is 4.77. The molecule has 2 aromatic rings. The Hall–Kier alpha value is -0.910. The molecule has 2 aliphatic rings. The van der Waals surface area contributed by atoms with Crippen LogP contribution in [0.5, 0.6) is 0 Å². The van der Waals surface area contributed by atoms with E-state index in [0.717, 1.165) is 11.8 Å². The molecule has 0 bridgehead atoms. The van der Waals surface area contributed by atoms with E-state index in [1.807, 2.05) is 0 Å². The van der Waals surface area contributed by atoms with Crippen LogP contribution < -0.4 is 5.32 Å². The van der Waals surface area contributed by atoms with Crippen molar-refractivity contribution in [3.05, 3.63) is 69.3 Å². The van der Waals surface area contributed by atoms with Gasteiger partial charge in [-0.15, -0.1) is 0 Å². The molecule has 25 heavy (non-hydrogen) atoms. The van der Waals surface area contributed by atoms with E-state index in [2.05, 4.69) is 82.5 Å². The first kappa shape index (κ1) is 17.5. The van der Waals surface area contributed by atoms with E-state index < -0.39 is 0 Å². The zero-order valence-electron chi connectivity index (χ0n) is 14.4. The van der Waals surface area contributed by atoms with E-state index in [-0.39, 0.29) is 6.04 Å². The Kier molecular flexibility index (Phi) is 5.44. The van der Waals surface area contributed by atoms with Gasteiger partial charge in [0.05, 0.1) is 6.04 Å². The summed E-state index contributed by atoms with van der Waals surface area (Å²) in [6.07, 6.45) is 5.17. The zero-order valence-corrected chi connectivity index (χ0v) is 16.6. The van der Waals surface area contributed by atoms with Gasteiger partial charge in [-0.2, -0.15) is 0 Å². The normalized spacial score (nSPS) is 20.9. The number of aliphatic hydroxyl groups is 1. The van der Waals surface area contributed by atoms with Crippen LogP contribution in [-0.4, -0.2) is 17.8 Å². The second-order valence-corrected chi connectivity index (χ2v) is 8.74. The van der Waals surface area contributed by atoms with Crippen LogP contribution in [0.1, 0.15) is 42.9 Å². The molecular formula is C22H26INO. The van der Waals surface area contributed by atoms with Gasteiger partial charge in [-0.1, -0.05) is 48.5 Å². The van der Waals surface area contributed by atoms with Gasteiger partial charge < -0.3 is 10.4 Å². The maximum Gasteiger partial charge on any atom is 0.0589 e. The molecule has 3 unspecified atom stereocenters. The van der Waals surface area contributed by atoms with Crippen LogP contribution in [-0.2, 0) is 0 Å². The fourth-order valence-electron chi connectivity index (χ4n) is 4.06. The van der Waals surface area contributed by atoms with Gasteiger partial charge in [0.15, 0.2) is 0 Å². The van der Waals surface area contributed by atoms with E-state index in [1.54, 1.807) is 0 Å². The Balaban J connectivity index is 1.66. The molecule has 2 fully saturated rings. The molecule has 0 spiro atoms. The first-order valence-corrected chi connectivity index (χ1v) is 10.5. The first-order valence-electron chi connectivity index (χ1n) is 9.44. The van der Waals surface area contributed by atoms with Crippen molar-refractivity contribution in [2.75, 3.05) is 6.61 Å². The minimum absolute atomic E-state index is 0.188. The maximum absolute atomic E-state index is 10.1. The SMILES string of the molecule is OCC(C1CC1)C(NC(c1ccccc1)c1ccccc1I)C1CC1. The highest BCUT2D eigenvalue weighted by Gasteiger charge is 2.44. The molecule has 4 rings (SSSR count). The molecule has 2 nitrogen and oxygen atoms in total. The second-order valence-electron chi connectivity index (χ2n) is 7.58. The van der Waals surface area contributed by atoms with Crippen LogP contribution in [0, 0.1) is 21.3 Å². The first-order chi connectivity index (χ1) is 12.3. The molecule has 132 valence electrons. The van der Waals surface area contributed by atoms with Crippen LogP contribution in [0.4, 0.5) is 0 Å². The monoisotopic (exact) mass is 447 g/mol. The molecule has 0 amide bonds. The fraction of sp³-hybridized carbons (Fsp3) is 0.455. The van der Waals surface area contributed by atoms with Crippen LogP contribution >= 0.6 is 22.6 Å². The zero-order chi connectivity index (χ0) is 17.2. The molecule has 0 aromatic heterocycles. The summed E-state index contributed by atoms with van der Waals surface area (Å²) in [5, 5.41) is 14.0. The van der Waals surface area contributed by atoms with E-state index in [1.165, 1.54) is 40.4 Å². The van der Waals surface area contributed by atoms with E-state index in [9.17, 15) is 5.11 Å². The third-order valence-electron chi connectivity index (χ3n) is 5.74. The van der Waals surface area contributed by atoms with Gasteiger partial charge in [0.1, 0.15) is 0 Å². The van der Waals surface area contributed by atoms with E-state index in [4.69, 9.17) is 0 Å². The lowest BCUT2D eigenvalue weighted by atomic mass is 9.89. The Morgan fingerprint density at radius 1 is 0.920 bits per heavy atom. The predicted molar refractivity (Wildman–Crippen MR) is 110 cm³/mol. The molecule has 2 aliphatic carbocycles. The van der Waals surface area contributed by atoms with Crippen LogP contribution in [0.25, 0.3) is 0 Å². The highest BCUT2D eigenvalue weighted by molar-refractivity contribution is 14.1. The quantitative estimate of drug-likeness (QED) is 0.572. The van der Waals surface area contributed by atoms with Gasteiger partial charge in [-0.25, -0.2) is 0 Å². The second kappa shape index (κ2) is 7.77. The topological polar surface area (TPSA) is 32.3 Å². The molecule has 2 saturated carbocycles. The molecule has 3 heteroatoms. The molecule has 0 saturated heterocycles. The highest BCUT2D eigenvalue weighted by atomic mass is 127.